The Morgan fingerprint density at radius 2 is 1.82 bits per heavy atom. The van der Waals surface area contributed by atoms with Gasteiger partial charge in [-0.15, -0.1) is 0 Å². The average molecular weight is 382 g/mol. The molecule has 2 aromatic rings. The van der Waals surface area contributed by atoms with Gasteiger partial charge in [0.2, 0.25) is 11.5 Å². The molecular formula is C22H22O6. The van der Waals surface area contributed by atoms with E-state index >= 15 is 0 Å². The molecule has 0 saturated carbocycles. The first-order valence-corrected chi connectivity index (χ1v) is 8.95. The number of rotatable bonds is 6. The first-order chi connectivity index (χ1) is 13.5. The van der Waals surface area contributed by atoms with Gasteiger partial charge in [-0.1, -0.05) is 29.8 Å². The Morgan fingerprint density at radius 3 is 2.54 bits per heavy atom. The number of hydrogen-bond donors (Lipinski definition) is 0. The molecule has 6 heteroatoms. The van der Waals surface area contributed by atoms with Crippen LogP contribution in [0.1, 0.15) is 28.4 Å². The van der Waals surface area contributed by atoms with Crippen molar-refractivity contribution >= 4 is 17.8 Å². The second-order valence-corrected chi connectivity index (χ2v) is 6.39. The predicted molar refractivity (Wildman–Crippen MR) is 104 cm³/mol. The number of ether oxygens (including phenoxy) is 4. The summed E-state index contributed by atoms with van der Waals surface area (Å²) in [7, 11) is 1.54. The van der Waals surface area contributed by atoms with Gasteiger partial charge in [0, 0.05) is 11.6 Å². The van der Waals surface area contributed by atoms with Gasteiger partial charge in [-0.3, -0.25) is 4.79 Å². The fourth-order valence-corrected chi connectivity index (χ4v) is 2.77. The van der Waals surface area contributed by atoms with Crippen LogP contribution in [0.25, 0.3) is 6.08 Å². The van der Waals surface area contributed by atoms with Crippen molar-refractivity contribution in [2.75, 3.05) is 20.3 Å². The first kappa shape index (κ1) is 19.5. The molecule has 6 nitrogen and oxygen atoms in total. The van der Waals surface area contributed by atoms with Crippen LogP contribution in [0, 0.1) is 6.92 Å². The fraction of sp³-hybridized carbons (Fsp3) is 0.273. The molecule has 0 N–H and O–H groups in total. The van der Waals surface area contributed by atoms with Gasteiger partial charge in [-0.05, 0) is 37.6 Å². The lowest BCUT2D eigenvalue weighted by molar-refractivity contribution is -0.140. The summed E-state index contributed by atoms with van der Waals surface area (Å²) in [5, 5.41) is 0. The Hall–Kier alpha value is -3.28. The van der Waals surface area contributed by atoms with Crippen molar-refractivity contribution in [2.45, 2.75) is 20.0 Å². The van der Waals surface area contributed by atoms with Crippen LogP contribution in [0.3, 0.4) is 0 Å². The highest BCUT2D eigenvalue weighted by molar-refractivity contribution is 6.01. The number of aryl methyl sites for hydroxylation is 1. The van der Waals surface area contributed by atoms with Crippen molar-refractivity contribution in [3.63, 3.8) is 0 Å². The van der Waals surface area contributed by atoms with Crippen LogP contribution < -0.4 is 14.2 Å². The molecule has 3 rings (SSSR count). The van der Waals surface area contributed by atoms with E-state index in [0.29, 0.717) is 41.6 Å². The van der Waals surface area contributed by atoms with Crippen LogP contribution in [0.4, 0.5) is 0 Å². The summed E-state index contributed by atoms with van der Waals surface area (Å²) in [5.74, 6) is 0.769. The highest BCUT2D eigenvalue weighted by Gasteiger charge is 2.19. The van der Waals surface area contributed by atoms with E-state index in [1.54, 1.807) is 37.3 Å². The van der Waals surface area contributed by atoms with Gasteiger partial charge >= 0.3 is 5.97 Å². The lowest BCUT2D eigenvalue weighted by Gasteiger charge is -2.20. The highest BCUT2D eigenvalue weighted by Crippen LogP contribution is 2.40. The quantitative estimate of drug-likeness (QED) is 0.432. The number of Topliss-reactive ketones (excluding diaryl/α,β-unsaturated/α-hetero) is 1. The molecule has 0 radical (unpaired) electrons. The number of fused-ring (bicyclic) bond motifs is 1. The van der Waals surface area contributed by atoms with Gasteiger partial charge in [0.25, 0.3) is 0 Å². The van der Waals surface area contributed by atoms with Gasteiger partial charge in [0.05, 0.1) is 7.11 Å². The summed E-state index contributed by atoms with van der Waals surface area (Å²) in [5.41, 5.74) is 2.25. The maximum Gasteiger partial charge on any atom is 0.331 e. The second-order valence-electron chi connectivity index (χ2n) is 6.39. The molecule has 0 bridgehead atoms. The largest absolute Gasteiger partial charge is 0.493 e. The summed E-state index contributed by atoms with van der Waals surface area (Å²) in [6.45, 7) is 4.40. The van der Waals surface area contributed by atoms with E-state index < -0.39 is 12.1 Å². The molecule has 0 saturated heterocycles. The third-order valence-electron chi connectivity index (χ3n) is 4.26. The SMILES string of the molecule is COc1cc(/C=C/C(=O)O[C@@H](C)C(=O)c2ccc(C)cc2)cc2c1OCCO2. The maximum atomic E-state index is 12.4. The molecular weight excluding hydrogens is 360 g/mol. The van der Waals surface area contributed by atoms with E-state index in [4.69, 9.17) is 18.9 Å². The van der Waals surface area contributed by atoms with Crippen LogP contribution in [0.15, 0.2) is 42.5 Å². The lowest BCUT2D eigenvalue weighted by Crippen LogP contribution is -2.23. The molecule has 1 heterocycles. The molecule has 0 spiro atoms. The van der Waals surface area contributed by atoms with Crippen molar-refractivity contribution in [3.05, 3.63) is 59.2 Å². The maximum absolute atomic E-state index is 12.4. The van der Waals surface area contributed by atoms with E-state index in [0.717, 1.165) is 5.56 Å². The van der Waals surface area contributed by atoms with Gasteiger partial charge in [-0.25, -0.2) is 4.79 Å². The zero-order valence-corrected chi connectivity index (χ0v) is 16.1. The Morgan fingerprint density at radius 1 is 1.11 bits per heavy atom. The molecule has 0 unspecified atom stereocenters. The zero-order chi connectivity index (χ0) is 20.1. The van der Waals surface area contributed by atoms with Crippen LogP contribution in [0.2, 0.25) is 0 Å². The first-order valence-electron chi connectivity index (χ1n) is 8.95. The Labute approximate surface area is 163 Å². The molecule has 1 aliphatic rings. The van der Waals surface area contributed by atoms with E-state index in [1.807, 2.05) is 19.1 Å². The molecule has 146 valence electrons. The van der Waals surface area contributed by atoms with Gasteiger partial charge in [0.15, 0.2) is 17.6 Å². The highest BCUT2D eigenvalue weighted by atomic mass is 16.6. The number of carbonyl (C=O) groups is 2. The summed E-state index contributed by atoms with van der Waals surface area (Å²) in [6.07, 6.45) is 1.96. The van der Waals surface area contributed by atoms with E-state index in [-0.39, 0.29) is 5.78 Å². The summed E-state index contributed by atoms with van der Waals surface area (Å²) in [6, 6.07) is 10.6. The standard InChI is InChI=1S/C22H22O6/c1-14-4-7-17(8-5-14)21(24)15(2)28-20(23)9-6-16-12-18(25-3)22-19(13-16)26-10-11-27-22/h4-9,12-13,15H,10-11H2,1-3H3/b9-6+/t15-/m0/s1. The molecule has 0 aliphatic carbocycles. The average Bonchev–Trinajstić information content (AvgIpc) is 2.71. The van der Waals surface area contributed by atoms with E-state index in [9.17, 15) is 9.59 Å². The van der Waals surface area contributed by atoms with Gasteiger partial charge in [-0.2, -0.15) is 0 Å². The number of methoxy groups -OCH3 is 1. The number of benzene rings is 2. The normalized spacial score (nSPS) is 13.8. The Kier molecular flexibility index (Phi) is 5.99. The molecule has 1 atom stereocenters. The minimum Gasteiger partial charge on any atom is -0.493 e. The van der Waals surface area contributed by atoms with Crippen LogP contribution >= 0.6 is 0 Å². The smallest absolute Gasteiger partial charge is 0.331 e. The van der Waals surface area contributed by atoms with Crippen molar-refractivity contribution in [1.29, 1.82) is 0 Å². The molecule has 28 heavy (non-hydrogen) atoms. The van der Waals surface area contributed by atoms with E-state index in [1.165, 1.54) is 13.2 Å². The van der Waals surface area contributed by atoms with Crippen molar-refractivity contribution in [2.24, 2.45) is 0 Å². The Bertz CT molecular complexity index is 881. The molecule has 0 amide bonds. The molecule has 0 aromatic heterocycles. The predicted octanol–water partition coefficient (Wildman–Crippen LogP) is 3.60. The van der Waals surface area contributed by atoms with Gasteiger partial charge in [0.1, 0.15) is 13.2 Å². The van der Waals surface area contributed by atoms with Gasteiger partial charge < -0.3 is 18.9 Å². The van der Waals surface area contributed by atoms with Crippen molar-refractivity contribution in [3.8, 4) is 17.2 Å². The van der Waals surface area contributed by atoms with Crippen LogP contribution in [0.5, 0.6) is 17.2 Å². The topological polar surface area (TPSA) is 71.1 Å². The second kappa shape index (κ2) is 8.61. The number of esters is 1. The summed E-state index contributed by atoms with van der Waals surface area (Å²) < 4.78 is 21.7. The molecule has 1 aliphatic heterocycles. The Balaban J connectivity index is 1.66. The number of hydrogen-bond acceptors (Lipinski definition) is 6. The van der Waals surface area contributed by atoms with E-state index in [2.05, 4.69) is 0 Å². The lowest BCUT2D eigenvalue weighted by atomic mass is 10.1. The minimum atomic E-state index is -0.880. The third-order valence-corrected chi connectivity index (χ3v) is 4.26. The zero-order valence-electron chi connectivity index (χ0n) is 16.1. The summed E-state index contributed by atoms with van der Waals surface area (Å²) >= 11 is 0. The number of carbonyl (C=O) groups excluding carboxylic acids is 2. The van der Waals surface area contributed by atoms with Crippen molar-refractivity contribution < 1.29 is 28.5 Å². The van der Waals surface area contributed by atoms with Crippen LogP contribution in [-0.4, -0.2) is 38.2 Å². The molecule has 2 aromatic carbocycles. The monoisotopic (exact) mass is 382 g/mol. The van der Waals surface area contributed by atoms with Crippen LogP contribution in [-0.2, 0) is 9.53 Å². The molecule has 0 fully saturated rings. The van der Waals surface area contributed by atoms with Crippen molar-refractivity contribution in [1.82, 2.24) is 0 Å². The third kappa shape index (κ3) is 4.52. The minimum absolute atomic E-state index is 0.247. The fourth-order valence-electron chi connectivity index (χ4n) is 2.77. The summed E-state index contributed by atoms with van der Waals surface area (Å²) in [4.78, 5) is 24.5. The number of ketones is 1.